The number of carbonyl (C=O) groups is 1. The van der Waals surface area contributed by atoms with E-state index in [0.29, 0.717) is 19.6 Å². The monoisotopic (exact) mass is 375 g/mol. The van der Waals surface area contributed by atoms with Crippen molar-refractivity contribution in [3.05, 3.63) is 53.2 Å². The molecule has 0 radical (unpaired) electrons. The topological polar surface area (TPSA) is 49.6 Å². The Bertz CT molecular complexity index is 815. The van der Waals surface area contributed by atoms with Gasteiger partial charge in [0, 0.05) is 50.8 Å². The number of hydrogen-bond acceptors (Lipinski definition) is 4. The highest BCUT2D eigenvalue weighted by molar-refractivity contribution is 5.80. The van der Waals surface area contributed by atoms with E-state index in [-0.39, 0.29) is 18.7 Å². The zero-order valence-corrected chi connectivity index (χ0v) is 15.3. The fourth-order valence-corrected chi connectivity index (χ4v) is 4.00. The average molecular weight is 375 g/mol. The van der Waals surface area contributed by atoms with Gasteiger partial charge in [0.1, 0.15) is 5.76 Å². The Labute approximate surface area is 157 Å². The number of carbonyl (C=O) groups excluding carboxylic acids is 1. The highest BCUT2D eigenvalue weighted by Gasteiger charge is 2.49. The molecule has 144 valence electrons. The summed E-state index contributed by atoms with van der Waals surface area (Å²) < 4.78 is 31.5. The molecule has 4 rings (SSSR count). The first-order valence-electron chi connectivity index (χ1n) is 9.23. The molecule has 1 aliphatic heterocycles. The Morgan fingerprint density at radius 1 is 1.37 bits per heavy atom. The van der Waals surface area contributed by atoms with Crippen molar-refractivity contribution in [1.29, 1.82) is 0 Å². The molecule has 5 nitrogen and oxygen atoms in total. The van der Waals surface area contributed by atoms with E-state index in [1.165, 1.54) is 5.56 Å². The van der Waals surface area contributed by atoms with Crippen LogP contribution in [0.15, 0.2) is 35.2 Å². The van der Waals surface area contributed by atoms with Crippen LogP contribution < -0.4 is 0 Å². The van der Waals surface area contributed by atoms with Crippen LogP contribution in [0.2, 0.25) is 0 Å². The van der Waals surface area contributed by atoms with Gasteiger partial charge in [-0.15, -0.1) is 0 Å². The Kier molecular flexibility index (Phi) is 4.72. The molecule has 1 amide bonds. The number of halogens is 2. The van der Waals surface area contributed by atoms with Crippen molar-refractivity contribution in [2.45, 2.75) is 44.8 Å². The van der Waals surface area contributed by atoms with Crippen LogP contribution in [0.4, 0.5) is 8.78 Å². The number of pyridine rings is 1. The molecule has 0 aromatic carbocycles. The molecule has 2 aromatic heterocycles. The van der Waals surface area contributed by atoms with Crippen molar-refractivity contribution in [2.75, 3.05) is 13.6 Å². The number of amides is 1. The number of hydrogen-bond donors (Lipinski definition) is 0. The Morgan fingerprint density at radius 3 is 2.89 bits per heavy atom. The number of rotatable bonds is 5. The van der Waals surface area contributed by atoms with Crippen molar-refractivity contribution >= 4 is 5.91 Å². The molecule has 1 aliphatic carbocycles. The minimum absolute atomic E-state index is 0.146. The lowest BCUT2D eigenvalue weighted by Crippen LogP contribution is -2.48. The van der Waals surface area contributed by atoms with Gasteiger partial charge in [-0.1, -0.05) is 0 Å². The zero-order valence-electron chi connectivity index (χ0n) is 15.3. The summed E-state index contributed by atoms with van der Waals surface area (Å²) in [7, 11) is 2.03. The third kappa shape index (κ3) is 3.88. The third-order valence-electron chi connectivity index (χ3n) is 5.43. The lowest BCUT2D eigenvalue weighted by atomic mass is 9.80. The second-order valence-electron chi connectivity index (χ2n) is 7.66. The van der Waals surface area contributed by atoms with E-state index < -0.39 is 11.8 Å². The van der Waals surface area contributed by atoms with Crippen molar-refractivity contribution in [3.63, 3.8) is 0 Å². The van der Waals surface area contributed by atoms with E-state index in [9.17, 15) is 13.6 Å². The van der Waals surface area contributed by atoms with E-state index >= 15 is 0 Å². The smallest absolute Gasteiger partial charge is 0.249 e. The number of furan rings is 1. The highest BCUT2D eigenvalue weighted by Crippen LogP contribution is 2.43. The quantitative estimate of drug-likeness (QED) is 0.805. The predicted molar refractivity (Wildman–Crippen MR) is 94.9 cm³/mol. The Balaban J connectivity index is 1.41. The fraction of sp³-hybridized carbons (Fsp3) is 0.500. The van der Waals surface area contributed by atoms with Crippen LogP contribution in [0.5, 0.6) is 0 Å². The summed E-state index contributed by atoms with van der Waals surface area (Å²) in [6.07, 6.45) is 5.44. The number of nitrogens with zero attached hydrogens (tertiary/aromatic N) is 3. The van der Waals surface area contributed by atoms with Gasteiger partial charge in [0.15, 0.2) is 0 Å². The van der Waals surface area contributed by atoms with Gasteiger partial charge in [-0.2, -0.15) is 0 Å². The summed E-state index contributed by atoms with van der Waals surface area (Å²) >= 11 is 0. The van der Waals surface area contributed by atoms with Gasteiger partial charge in [0.25, 0.3) is 0 Å². The maximum absolute atomic E-state index is 13.1. The predicted octanol–water partition coefficient (Wildman–Crippen LogP) is 3.24. The second-order valence-corrected chi connectivity index (χ2v) is 7.66. The van der Waals surface area contributed by atoms with Crippen molar-refractivity contribution in [3.8, 4) is 0 Å². The van der Waals surface area contributed by atoms with Gasteiger partial charge in [-0.25, -0.2) is 8.78 Å². The summed E-state index contributed by atoms with van der Waals surface area (Å²) in [6.45, 7) is 2.47. The number of fused-ring (bicyclic) bond motifs is 1. The Morgan fingerprint density at radius 2 is 2.19 bits per heavy atom. The lowest BCUT2D eigenvalue weighted by molar-refractivity contribution is -0.160. The second kappa shape index (κ2) is 7.03. The van der Waals surface area contributed by atoms with Crippen molar-refractivity contribution in [1.82, 2.24) is 14.8 Å². The zero-order chi connectivity index (χ0) is 19.0. The van der Waals surface area contributed by atoms with Crippen LogP contribution in [0.3, 0.4) is 0 Å². The molecule has 0 atom stereocenters. The first-order valence-corrected chi connectivity index (χ1v) is 9.23. The van der Waals surface area contributed by atoms with E-state index in [2.05, 4.69) is 9.88 Å². The minimum Gasteiger partial charge on any atom is -0.468 e. The molecule has 0 spiro atoms. The molecular weight excluding hydrogens is 352 g/mol. The molecule has 7 heteroatoms. The molecule has 0 saturated heterocycles. The van der Waals surface area contributed by atoms with Crippen molar-refractivity contribution < 1.29 is 18.0 Å². The van der Waals surface area contributed by atoms with Gasteiger partial charge in [0.2, 0.25) is 11.8 Å². The maximum Gasteiger partial charge on any atom is 0.249 e. The number of aromatic nitrogens is 1. The van der Waals surface area contributed by atoms with E-state index in [1.54, 1.807) is 17.4 Å². The minimum atomic E-state index is -2.67. The van der Waals surface area contributed by atoms with Crippen molar-refractivity contribution in [2.24, 2.45) is 5.92 Å². The maximum atomic E-state index is 13.1. The molecule has 1 fully saturated rings. The van der Waals surface area contributed by atoms with E-state index in [1.807, 2.05) is 25.4 Å². The van der Waals surface area contributed by atoms with E-state index in [0.717, 1.165) is 29.9 Å². The van der Waals surface area contributed by atoms with Gasteiger partial charge in [-0.05, 0) is 42.3 Å². The molecule has 2 aliphatic rings. The summed E-state index contributed by atoms with van der Waals surface area (Å²) in [5.74, 6) is -2.44. The van der Waals surface area contributed by atoms with Gasteiger partial charge in [0.05, 0.1) is 12.8 Å². The van der Waals surface area contributed by atoms with Crippen LogP contribution in [-0.2, 0) is 30.8 Å². The van der Waals surface area contributed by atoms with Gasteiger partial charge >= 0.3 is 0 Å². The molecule has 0 unspecified atom stereocenters. The van der Waals surface area contributed by atoms with Crippen LogP contribution in [-0.4, -0.2) is 40.2 Å². The summed E-state index contributed by atoms with van der Waals surface area (Å²) in [5, 5.41) is 0. The number of alkyl halides is 2. The van der Waals surface area contributed by atoms with Crippen LogP contribution in [0.25, 0.3) is 0 Å². The molecule has 2 aromatic rings. The molecular formula is C20H23F2N3O2. The lowest BCUT2D eigenvalue weighted by Gasteiger charge is -2.39. The summed E-state index contributed by atoms with van der Waals surface area (Å²) in [5.41, 5.74) is 3.38. The van der Waals surface area contributed by atoms with Crippen LogP contribution >= 0.6 is 0 Å². The van der Waals surface area contributed by atoms with Gasteiger partial charge in [-0.3, -0.25) is 14.7 Å². The summed E-state index contributed by atoms with van der Waals surface area (Å²) in [4.78, 5) is 20.7. The molecule has 3 heterocycles. The van der Waals surface area contributed by atoms with Gasteiger partial charge < -0.3 is 9.32 Å². The first kappa shape index (κ1) is 18.1. The molecule has 27 heavy (non-hydrogen) atoms. The first-order chi connectivity index (χ1) is 12.9. The standard InChI is InChI=1S/C20H23F2N3O2/c1-24(13-17-3-2-6-27-17)11-15-9-23-10-16-12-25(5-4-18(15)16)19(26)14-7-20(21,22)8-14/h2-3,6,9-10,14H,4-5,7-8,11-13H2,1H3. The third-order valence-corrected chi connectivity index (χ3v) is 5.43. The fourth-order valence-electron chi connectivity index (χ4n) is 4.00. The average Bonchev–Trinajstić information content (AvgIpc) is 3.11. The van der Waals surface area contributed by atoms with Crippen LogP contribution in [0.1, 0.15) is 35.3 Å². The molecule has 0 bridgehead atoms. The van der Waals surface area contributed by atoms with Crippen LogP contribution in [0, 0.1) is 5.92 Å². The summed E-state index contributed by atoms with van der Waals surface area (Å²) in [6, 6.07) is 3.82. The molecule has 1 saturated carbocycles. The normalized spacial score (nSPS) is 19.0. The largest absolute Gasteiger partial charge is 0.468 e. The van der Waals surface area contributed by atoms with E-state index in [4.69, 9.17) is 4.42 Å². The molecule has 0 N–H and O–H groups in total. The highest BCUT2D eigenvalue weighted by atomic mass is 19.3. The SMILES string of the molecule is CN(Cc1ccco1)Cc1cncc2c1CCN(C(=O)C1CC(F)(F)C1)C2. The Hall–Kier alpha value is -2.28.